The standard InChI is InChI=1S/C10H21NO/c1-8(2)5-9(7-12)6-11-10-3-4-10/h8-12H,3-7H2,1-2H3. The van der Waals surface area contributed by atoms with Crippen molar-refractivity contribution in [2.45, 2.75) is 39.2 Å². The molecule has 1 saturated carbocycles. The van der Waals surface area contributed by atoms with Crippen molar-refractivity contribution in [1.82, 2.24) is 5.32 Å². The van der Waals surface area contributed by atoms with Crippen LogP contribution in [0.15, 0.2) is 0 Å². The quantitative estimate of drug-likeness (QED) is 0.633. The Morgan fingerprint density at radius 1 is 1.42 bits per heavy atom. The molecule has 0 aromatic rings. The molecule has 0 spiro atoms. The lowest BCUT2D eigenvalue weighted by Gasteiger charge is -2.16. The van der Waals surface area contributed by atoms with Crippen molar-refractivity contribution in [3.05, 3.63) is 0 Å². The van der Waals surface area contributed by atoms with Crippen molar-refractivity contribution in [3.63, 3.8) is 0 Å². The van der Waals surface area contributed by atoms with Gasteiger partial charge in [0.25, 0.3) is 0 Å². The van der Waals surface area contributed by atoms with Crippen LogP contribution in [0.3, 0.4) is 0 Å². The normalized spacial score (nSPS) is 20.0. The second kappa shape index (κ2) is 4.83. The molecule has 2 nitrogen and oxygen atoms in total. The van der Waals surface area contributed by atoms with Crippen molar-refractivity contribution in [2.24, 2.45) is 11.8 Å². The number of aliphatic hydroxyl groups excluding tert-OH is 1. The number of aliphatic hydroxyl groups is 1. The van der Waals surface area contributed by atoms with Gasteiger partial charge in [-0.05, 0) is 31.1 Å². The number of hydrogen-bond acceptors (Lipinski definition) is 2. The topological polar surface area (TPSA) is 32.3 Å². The van der Waals surface area contributed by atoms with Gasteiger partial charge in [-0.25, -0.2) is 0 Å². The van der Waals surface area contributed by atoms with Gasteiger partial charge in [-0.2, -0.15) is 0 Å². The Bertz CT molecular complexity index is 121. The largest absolute Gasteiger partial charge is 0.396 e. The lowest BCUT2D eigenvalue weighted by molar-refractivity contribution is 0.202. The van der Waals surface area contributed by atoms with Crippen LogP contribution in [0.25, 0.3) is 0 Å². The second-order valence-corrected chi connectivity index (χ2v) is 4.36. The average molecular weight is 171 g/mol. The molecule has 2 heteroatoms. The maximum Gasteiger partial charge on any atom is 0.0471 e. The van der Waals surface area contributed by atoms with Crippen LogP contribution in [0, 0.1) is 11.8 Å². The zero-order valence-electron chi connectivity index (χ0n) is 8.21. The fourth-order valence-corrected chi connectivity index (χ4v) is 1.51. The minimum Gasteiger partial charge on any atom is -0.396 e. The molecule has 0 amide bonds. The van der Waals surface area contributed by atoms with Crippen molar-refractivity contribution in [3.8, 4) is 0 Å². The van der Waals surface area contributed by atoms with E-state index in [-0.39, 0.29) is 0 Å². The third-order valence-corrected chi connectivity index (χ3v) is 2.34. The summed E-state index contributed by atoms with van der Waals surface area (Å²) in [6, 6.07) is 0.770. The van der Waals surface area contributed by atoms with E-state index in [9.17, 15) is 0 Å². The molecule has 0 saturated heterocycles. The van der Waals surface area contributed by atoms with Crippen LogP contribution in [0.1, 0.15) is 33.1 Å². The molecule has 0 aliphatic heterocycles. The SMILES string of the molecule is CC(C)CC(CO)CNC1CC1. The summed E-state index contributed by atoms with van der Waals surface area (Å²) in [7, 11) is 0. The number of hydrogen-bond donors (Lipinski definition) is 2. The van der Waals surface area contributed by atoms with E-state index in [0.29, 0.717) is 18.4 Å². The molecule has 2 N–H and O–H groups in total. The fraction of sp³-hybridized carbons (Fsp3) is 1.00. The molecule has 0 radical (unpaired) electrons. The maximum absolute atomic E-state index is 9.07. The van der Waals surface area contributed by atoms with Crippen molar-refractivity contribution >= 4 is 0 Å². The summed E-state index contributed by atoms with van der Waals surface area (Å²) < 4.78 is 0. The number of nitrogens with one attached hydrogen (secondary N) is 1. The highest BCUT2D eigenvalue weighted by atomic mass is 16.3. The molecule has 1 fully saturated rings. The van der Waals surface area contributed by atoms with Gasteiger partial charge in [-0.1, -0.05) is 13.8 Å². The van der Waals surface area contributed by atoms with Gasteiger partial charge in [-0.15, -0.1) is 0 Å². The molecule has 12 heavy (non-hydrogen) atoms. The van der Waals surface area contributed by atoms with Crippen molar-refractivity contribution in [2.75, 3.05) is 13.2 Å². The van der Waals surface area contributed by atoms with Gasteiger partial charge in [-0.3, -0.25) is 0 Å². The zero-order chi connectivity index (χ0) is 8.97. The number of rotatable bonds is 6. The summed E-state index contributed by atoms with van der Waals surface area (Å²) >= 11 is 0. The Morgan fingerprint density at radius 3 is 2.50 bits per heavy atom. The molecular formula is C10H21NO. The van der Waals surface area contributed by atoms with E-state index in [2.05, 4.69) is 19.2 Å². The smallest absolute Gasteiger partial charge is 0.0471 e. The van der Waals surface area contributed by atoms with Crippen LogP contribution in [-0.4, -0.2) is 24.3 Å². The van der Waals surface area contributed by atoms with Gasteiger partial charge in [0.2, 0.25) is 0 Å². The molecule has 0 aromatic heterocycles. The van der Waals surface area contributed by atoms with Gasteiger partial charge >= 0.3 is 0 Å². The first-order valence-electron chi connectivity index (χ1n) is 5.06. The summed E-state index contributed by atoms with van der Waals surface area (Å²) in [5.74, 6) is 1.16. The predicted molar refractivity (Wildman–Crippen MR) is 51.1 cm³/mol. The van der Waals surface area contributed by atoms with Crippen LogP contribution in [0.4, 0.5) is 0 Å². The highest BCUT2D eigenvalue weighted by Gasteiger charge is 2.21. The Balaban J connectivity index is 2.06. The first-order valence-corrected chi connectivity index (χ1v) is 5.06. The predicted octanol–water partition coefficient (Wildman–Crippen LogP) is 1.39. The molecular weight excluding hydrogens is 150 g/mol. The monoisotopic (exact) mass is 171 g/mol. The summed E-state index contributed by atoms with van der Waals surface area (Å²) in [5, 5.41) is 12.5. The highest BCUT2D eigenvalue weighted by Crippen LogP contribution is 2.19. The van der Waals surface area contributed by atoms with E-state index in [1.165, 1.54) is 12.8 Å². The minimum atomic E-state index is 0.331. The maximum atomic E-state index is 9.07. The van der Waals surface area contributed by atoms with Crippen molar-refractivity contribution < 1.29 is 5.11 Å². The molecule has 72 valence electrons. The third kappa shape index (κ3) is 4.07. The summed E-state index contributed by atoms with van der Waals surface area (Å²) in [6.45, 7) is 5.75. The van der Waals surface area contributed by atoms with Crippen LogP contribution >= 0.6 is 0 Å². The van der Waals surface area contributed by atoms with Crippen molar-refractivity contribution in [1.29, 1.82) is 0 Å². The van der Waals surface area contributed by atoms with Gasteiger partial charge in [0, 0.05) is 19.2 Å². The lowest BCUT2D eigenvalue weighted by Crippen LogP contribution is -2.27. The Morgan fingerprint density at radius 2 is 2.08 bits per heavy atom. The van der Waals surface area contributed by atoms with Gasteiger partial charge in [0.05, 0.1) is 0 Å². The average Bonchev–Trinajstić information content (AvgIpc) is 2.80. The molecule has 1 rings (SSSR count). The third-order valence-electron chi connectivity index (χ3n) is 2.34. The van der Waals surface area contributed by atoms with Crippen LogP contribution in [0.2, 0.25) is 0 Å². The molecule has 0 heterocycles. The molecule has 1 aliphatic rings. The minimum absolute atomic E-state index is 0.331. The molecule has 0 bridgehead atoms. The van der Waals surface area contributed by atoms with Crippen LogP contribution in [-0.2, 0) is 0 Å². The molecule has 1 atom stereocenters. The van der Waals surface area contributed by atoms with E-state index in [0.717, 1.165) is 19.0 Å². The van der Waals surface area contributed by atoms with E-state index in [1.807, 2.05) is 0 Å². The first-order chi connectivity index (χ1) is 5.72. The summed E-state index contributed by atoms with van der Waals surface area (Å²) in [5.41, 5.74) is 0. The van der Waals surface area contributed by atoms with Gasteiger partial charge in [0.1, 0.15) is 0 Å². The Labute approximate surface area is 75.4 Å². The Kier molecular flexibility index (Phi) is 4.02. The lowest BCUT2D eigenvalue weighted by atomic mass is 9.98. The van der Waals surface area contributed by atoms with E-state index in [4.69, 9.17) is 5.11 Å². The first kappa shape index (κ1) is 10.0. The second-order valence-electron chi connectivity index (χ2n) is 4.36. The van der Waals surface area contributed by atoms with Gasteiger partial charge in [0.15, 0.2) is 0 Å². The van der Waals surface area contributed by atoms with E-state index in [1.54, 1.807) is 0 Å². The van der Waals surface area contributed by atoms with E-state index >= 15 is 0 Å². The van der Waals surface area contributed by atoms with E-state index < -0.39 is 0 Å². The molecule has 1 unspecified atom stereocenters. The van der Waals surface area contributed by atoms with Crippen LogP contribution in [0.5, 0.6) is 0 Å². The Hall–Kier alpha value is -0.0800. The fourth-order valence-electron chi connectivity index (χ4n) is 1.51. The summed E-state index contributed by atoms with van der Waals surface area (Å²) in [4.78, 5) is 0. The van der Waals surface area contributed by atoms with Crippen LogP contribution < -0.4 is 5.32 Å². The highest BCUT2D eigenvalue weighted by molar-refractivity contribution is 4.81. The summed E-state index contributed by atoms with van der Waals surface area (Å²) in [6.07, 6.45) is 3.80. The zero-order valence-corrected chi connectivity index (χ0v) is 8.21. The molecule has 1 aliphatic carbocycles. The molecule has 0 aromatic carbocycles. The van der Waals surface area contributed by atoms with Gasteiger partial charge < -0.3 is 10.4 Å².